The first kappa shape index (κ1) is 20.8. The van der Waals surface area contributed by atoms with Crippen LogP contribution in [0.3, 0.4) is 0 Å². The zero-order valence-corrected chi connectivity index (χ0v) is 19.4. The predicted octanol–water partition coefficient (Wildman–Crippen LogP) is 6.24. The summed E-state index contributed by atoms with van der Waals surface area (Å²) in [6.45, 7) is 6.01. The summed E-state index contributed by atoms with van der Waals surface area (Å²) in [6.07, 6.45) is 5.44. The minimum Gasteiger partial charge on any atom is -0.378 e. The monoisotopic (exact) mass is 444 g/mol. The Hall–Kier alpha value is -3.05. The largest absolute Gasteiger partial charge is 0.378 e. The number of allylic oxidation sites excluding steroid dienone is 2. The van der Waals surface area contributed by atoms with E-state index in [1.165, 1.54) is 11.1 Å². The van der Waals surface area contributed by atoms with Crippen molar-refractivity contribution in [3.05, 3.63) is 101 Å². The molecule has 3 aromatic carbocycles. The lowest BCUT2D eigenvalue weighted by Gasteiger charge is -2.37. The highest BCUT2D eigenvalue weighted by Crippen LogP contribution is 2.50. The summed E-state index contributed by atoms with van der Waals surface area (Å²) >= 11 is 0. The summed E-state index contributed by atoms with van der Waals surface area (Å²) in [7, 11) is -3.68. The molecule has 1 aliphatic heterocycles. The highest BCUT2D eigenvalue weighted by molar-refractivity contribution is 7.92. The van der Waals surface area contributed by atoms with Gasteiger partial charge in [0.2, 0.25) is 0 Å². The molecule has 32 heavy (non-hydrogen) atoms. The number of sulfonamides is 1. The fourth-order valence-electron chi connectivity index (χ4n) is 4.98. The normalized spacial score (nSPS) is 21.5. The highest BCUT2D eigenvalue weighted by Gasteiger charge is 2.38. The molecule has 2 unspecified atom stereocenters. The number of nitrogens with one attached hydrogen (secondary N) is 2. The Balaban J connectivity index is 1.49. The standard InChI is InChI=1S/C27H28N2O2S/c1-17-7-10-20(11-8-17)27-23-6-4-5-22(23)24-16-21(12-14-26(24)28-27)32(30,31)29-25-13-9-18(2)15-19(25)3/h4-5,7-16,22-23,27-29H,6H2,1-3H3/t22?,23?,27-/m1/s1. The molecule has 3 atom stereocenters. The summed E-state index contributed by atoms with van der Waals surface area (Å²) in [6, 6.07) is 20.1. The Bertz CT molecular complexity index is 1310. The molecule has 0 radical (unpaired) electrons. The molecular weight excluding hydrogens is 416 g/mol. The van der Waals surface area contributed by atoms with Gasteiger partial charge in [-0.15, -0.1) is 0 Å². The van der Waals surface area contributed by atoms with E-state index in [0.29, 0.717) is 16.5 Å². The third-order valence-corrected chi connectivity index (χ3v) is 8.07. The van der Waals surface area contributed by atoms with Crippen molar-refractivity contribution in [2.24, 2.45) is 5.92 Å². The average molecular weight is 445 g/mol. The summed E-state index contributed by atoms with van der Waals surface area (Å²) in [4.78, 5) is 0.297. The van der Waals surface area contributed by atoms with Gasteiger partial charge in [-0.05, 0) is 74.1 Å². The maximum atomic E-state index is 13.2. The molecule has 0 spiro atoms. The maximum Gasteiger partial charge on any atom is 0.261 e. The van der Waals surface area contributed by atoms with Crippen LogP contribution in [0.5, 0.6) is 0 Å². The minimum atomic E-state index is -3.68. The molecule has 1 aliphatic carbocycles. The second-order valence-corrected chi connectivity index (χ2v) is 10.7. The van der Waals surface area contributed by atoms with Crippen molar-refractivity contribution in [3.63, 3.8) is 0 Å². The van der Waals surface area contributed by atoms with E-state index < -0.39 is 10.0 Å². The molecule has 3 aromatic rings. The number of hydrogen-bond donors (Lipinski definition) is 2. The van der Waals surface area contributed by atoms with E-state index in [1.54, 1.807) is 6.07 Å². The Kier molecular flexibility index (Phi) is 5.09. The topological polar surface area (TPSA) is 58.2 Å². The first-order valence-electron chi connectivity index (χ1n) is 11.1. The van der Waals surface area contributed by atoms with E-state index in [2.05, 4.69) is 53.4 Å². The SMILES string of the molecule is Cc1ccc([C@H]2Nc3ccc(S(=O)(=O)Nc4ccc(C)cc4C)cc3C3C=CCC32)cc1. The Labute approximate surface area is 190 Å². The number of rotatable bonds is 4. The molecule has 0 amide bonds. The number of fused-ring (bicyclic) bond motifs is 3. The van der Waals surface area contributed by atoms with E-state index in [-0.39, 0.29) is 12.0 Å². The number of aryl methyl sites for hydroxylation is 3. The smallest absolute Gasteiger partial charge is 0.261 e. The van der Waals surface area contributed by atoms with Crippen molar-refractivity contribution in [2.45, 2.75) is 44.0 Å². The van der Waals surface area contributed by atoms with Gasteiger partial charge in [0.1, 0.15) is 0 Å². The zero-order valence-electron chi connectivity index (χ0n) is 18.6. The second kappa shape index (κ2) is 7.82. The van der Waals surface area contributed by atoms with Crippen molar-refractivity contribution in [2.75, 3.05) is 10.0 Å². The van der Waals surface area contributed by atoms with Crippen molar-refractivity contribution in [1.82, 2.24) is 0 Å². The lowest BCUT2D eigenvalue weighted by atomic mass is 9.77. The molecule has 5 rings (SSSR count). The van der Waals surface area contributed by atoms with Gasteiger partial charge in [-0.2, -0.15) is 0 Å². The number of hydrogen-bond acceptors (Lipinski definition) is 3. The third-order valence-electron chi connectivity index (χ3n) is 6.71. The van der Waals surface area contributed by atoms with Crippen LogP contribution in [0, 0.1) is 26.7 Å². The van der Waals surface area contributed by atoms with Gasteiger partial charge in [0, 0.05) is 11.6 Å². The van der Waals surface area contributed by atoms with E-state index in [4.69, 9.17) is 0 Å². The molecule has 164 valence electrons. The second-order valence-electron chi connectivity index (χ2n) is 9.06. The van der Waals surface area contributed by atoms with Crippen LogP contribution in [-0.2, 0) is 10.0 Å². The fraction of sp³-hybridized carbons (Fsp3) is 0.259. The number of benzene rings is 3. The predicted molar refractivity (Wildman–Crippen MR) is 131 cm³/mol. The van der Waals surface area contributed by atoms with Crippen molar-refractivity contribution >= 4 is 21.4 Å². The molecule has 0 fully saturated rings. The van der Waals surface area contributed by atoms with Crippen molar-refractivity contribution in [1.29, 1.82) is 0 Å². The average Bonchev–Trinajstić information content (AvgIpc) is 3.26. The van der Waals surface area contributed by atoms with E-state index >= 15 is 0 Å². The molecular formula is C27H28N2O2S. The quantitative estimate of drug-likeness (QED) is 0.468. The van der Waals surface area contributed by atoms with Gasteiger partial charge in [0.05, 0.1) is 16.6 Å². The zero-order chi connectivity index (χ0) is 22.5. The minimum absolute atomic E-state index is 0.203. The first-order valence-corrected chi connectivity index (χ1v) is 12.5. The summed E-state index contributed by atoms with van der Waals surface area (Å²) in [5.41, 5.74) is 7.21. The molecule has 0 saturated carbocycles. The molecule has 0 aromatic heterocycles. The van der Waals surface area contributed by atoms with Gasteiger partial charge in [0.25, 0.3) is 10.0 Å². The van der Waals surface area contributed by atoms with E-state index in [9.17, 15) is 8.42 Å². The fourth-order valence-corrected chi connectivity index (χ4v) is 6.14. The molecule has 5 heteroatoms. The summed E-state index contributed by atoms with van der Waals surface area (Å²) in [5, 5.41) is 3.69. The van der Waals surface area contributed by atoms with Gasteiger partial charge in [-0.3, -0.25) is 4.72 Å². The molecule has 2 N–H and O–H groups in total. The molecule has 1 heterocycles. The van der Waals surface area contributed by atoms with Gasteiger partial charge in [0.15, 0.2) is 0 Å². The van der Waals surface area contributed by atoms with Crippen LogP contribution in [0.25, 0.3) is 0 Å². The van der Waals surface area contributed by atoms with Gasteiger partial charge in [-0.25, -0.2) is 8.42 Å². The lowest BCUT2D eigenvalue weighted by molar-refractivity contribution is 0.425. The molecule has 0 saturated heterocycles. The van der Waals surface area contributed by atoms with Crippen LogP contribution in [0.4, 0.5) is 11.4 Å². The van der Waals surface area contributed by atoms with E-state index in [0.717, 1.165) is 28.8 Å². The van der Waals surface area contributed by atoms with Crippen LogP contribution in [0.2, 0.25) is 0 Å². The maximum absolute atomic E-state index is 13.2. The van der Waals surface area contributed by atoms with E-state index in [1.807, 2.05) is 44.2 Å². The lowest BCUT2D eigenvalue weighted by Crippen LogP contribution is -2.29. The van der Waals surface area contributed by atoms with Crippen LogP contribution >= 0.6 is 0 Å². The Morgan fingerprint density at radius 1 is 0.906 bits per heavy atom. The van der Waals surface area contributed by atoms with Gasteiger partial charge >= 0.3 is 0 Å². The summed E-state index contributed by atoms with van der Waals surface area (Å²) < 4.78 is 29.1. The number of anilines is 2. The van der Waals surface area contributed by atoms with Crippen LogP contribution in [-0.4, -0.2) is 8.42 Å². The van der Waals surface area contributed by atoms with Crippen LogP contribution < -0.4 is 10.0 Å². The van der Waals surface area contributed by atoms with Crippen molar-refractivity contribution in [3.8, 4) is 0 Å². The Morgan fingerprint density at radius 3 is 2.41 bits per heavy atom. The van der Waals surface area contributed by atoms with Crippen LogP contribution in [0.15, 0.2) is 77.7 Å². The third kappa shape index (κ3) is 3.71. The van der Waals surface area contributed by atoms with Crippen LogP contribution in [0.1, 0.15) is 46.2 Å². The highest BCUT2D eigenvalue weighted by atomic mass is 32.2. The molecule has 2 aliphatic rings. The Morgan fingerprint density at radius 2 is 1.66 bits per heavy atom. The molecule has 0 bridgehead atoms. The van der Waals surface area contributed by atoms with Gasteiger partial charge < -0.3 is 5.32 Å². The first-order chi connectivity index (χ1) is 15.3. The molecule has 4 nitrogen and oxygen atoms in total. The van der Waals surface area contributed by atoms with Crippen molar-refractivity contribution < 1.29 is 8.42 Å². The van der Waals surface area contributed by atoms with Gasteiger partial charge in [-0.1, -0.05) is 59.7 Å². The summed E-state index contributed by atoms with van der Waals surface area (Å²) in [5.74, 6) is 0.573.